The predicted molar refractivity (Wildman–Crippen MR) is 217 cm³/mol. The van der Waals surface area contributed by atoms with Crippen molar-refractivity contribution in [2.75, 3.05) is 19.0 Å². The minimum atomic E-state index is -1.54. The van der Waals surface area contributed by atoms with Gasteiger partial charge >= 0.3 is 12.1 Å². The number of hydrogen-bond donors (Lipinski definition) is 4. The van der Waals surface area contributed by atoms with E-state index in [4.69, 9.17) is 19.2 Å². The molecule has 15 nitrogen and oxygen atoms in total. The number of carbonyl (C=O) groups is 5. The number of nitrogens with zero attached hydrogens (tertiary/aromatic N) is 3. The Morgan fingerprint density at radius 2 is 1.81 bits per heavy atom. The maximum atomic E-state index is 14.6. The number of halogens is 1. The summed E-state index contributed by atoms with van der Waals surface area (Å²) in [4.78, 5) is 77.5. The lowest BCUT2D eigenvalue weighted by Gasteiger charge is -2.35. The van der Waals surface area contributed by atoms with Crippen LogP contribution in [0.4, 0.5) is 9.93 Å². The van der Waals surface area contributed by atoms with Crippen molar-refractivity contribution in [2.24, 2.45) is 17.3 Å². The van der Waals surface area contributed by atoms with Gasteiger partial charge in [-0.3, -0.25) is 14.4 Å². The molecule has 3 heterocycles. The number of aliphatic carboxylic acids is 1. The number of ether oxygens (including phenoxy) is 3. The smallest absolute Gasteiger partial charge is 0.408 e. The van der Waals surface area contributed by atoms with E-state index < -0.39 is 58.9 Å². The fourth-order valence-electron chi connectivity index (χ4n) is 7.29. The van der Waals surface area contributed by atoms with Crippen molar-refractivity contribution in [1.82, 2.24) is 25.5 Å². The molecule has 0 spiro atoms. The highest BCUT2D eigenvalue weighted by molar-refractivity contribution is 9.10. The summed E-state index contributed by atoms with van der Waals surface area (Å²) in [5.74, 6) is -2.40. The van der Waals surface area contributed by atoms with Gasteiger partial charge in [0.05, 0.1) is 29.3 Å². The Morgan fingerprint density at radius 3 is 2.42 bits per heavy atom. The number of thiazole rings is 1. The minimum Gasteiger partial charge on any atom is -0.495 e. The number of carbonyl (C=O) groups excluding carboxylic acids is 4. The molecular formula is C40H49BrN6O9S. The molecule has 2 saturated carbocycles. The molecule has 4 N–H and O–H groups in total. The summed E-state index contributed by atoms with van der Waals surface area (Å²) in [7, 11) is 1.54. The standard InChI is InChI=1S/C40H49BrN6O9S/c1-8-21-17-40(21,36(51)52)46-34(49)27-15-23(18-47(27)35(50)32(39(4,5)6)44-38(53)56-22-11-9-10-12-22)55-29-16-25(26-19-57-37(43-26)45-33(48)20(2)3)42-31-24(29)13-14-28(54-7)30(31)41/h8,13-14,16,19-23,27,32H,1,9-12,15,17-18H2,2-7H3,(H,44,53)(H,46,49)(H,51,52)(H,43,45,48)/t21-,23+,27+,32-,40?/m1/s1. The van der Waals surface area contributed by atoms with Crippen LogP contribution >= 0.6 is 27.3 Å². The number of hydrogen-bond acceptors (Lipinski definition) is 11. The molecule has 5 atom stereocenters. The van der Waals surface area contributed by atoms with Gasteiger partial charge in [0.25, 0.3) is 0 Å². The van der Waals surface area contributed by atoms with E-state index in [1.807, 2.05) is 0 Å². The van der Waals surface area contributed by atoms with Crippen LogP contribution in [0.2, 0.25) is 0 Å². The molecule has 1 aromatic carbocycles. The molecular weight excluding hydrogens is 820 g/mol. The highest BCUT2D eigenvalue weighted by Gasteiger charge is 2.61. The van der Waals surface area contributed by atoms with E-state index in [-0.39, 0.29) is 37.3 Å². The van der Waals surface area contributed by atoms with Gasteiger partial charge in [-0.15, -0.1) is 17.9 Å². The van der Waals surface area contributed by atoms with Gasteiger partial charge < -0.3 is 40.2 Å². The van der Waals surface area contributed by atoms with Crippen LogP contribution in [0.25, 0.3) is 22.3 Å². The third kappa shape index (κ3) is 8.88. The summed E-state index contributed by atoms with van der Waals surface area (Å²) < 4.78 is 18.5. The average Bonchev–Trinajstić information content (AvgIpc) is 3.57. The van der Waals surface area contributed by atoms with E-state index in [0.29, 0.717) is 43.4 Å². The Labute approximate surface area is 343 Å². The van der Waals surface area contributed by atoms with Crippen LogP contribution in [0.15, 0.2) is 40.7 Å². The zero-order valence-corrected chi connectivity index (χ0v) is 35.3. The number of methoxy groups -OCH3 is 1. The summed E-state index contributed by atoms with van der Waals surface area (Å²) in [5.41, 5.74) is -0.945. The fraction of sp³-hybridized carbons (Fsp3) is 0.525. The minimum absolute atomic E-state index is 0.00791. The molecule has 17 heteroatoms. The Morgan fingerprint density at radius 1 is 1.09 bits per heavy atom. The second-order valence-corrected chi connectivity index (χ2v) is 17.9. The number of carboxylic acids is 1. The van der Waals surface area contributed by atoms with Crippen molar-refractivity contribution in [2.45, 2.75) is 103 Å². The number of carboxylic acid groups (broad SMARTS) is 1. The van der Waals surface area contributed by atoms with Crippen LogP contribution in [0.3, 0.4) is 0 Å². The highest BCUT2D eigenvalue weighted by Crippen LogP contribution is 2.45. The zero-order chi connectivity index (χ0) is 41.4. The molecule has 3 aromatic rings. The number of amides is 4. The van der Waals surface area contributed by atoms with E-state index in [9.17, 15) is 29.1 Å². The van der Waals surface area contributed by atoms with Gasteiger partial charge in [0, 0.05) is 35.1 Å². The summed E-state index contributed by atoms with van der Waals surface area (Å²) in [6.45, 7) is 12.6. The van der Waals surface area contributed by atoms with Gasteiger partial charge in [-0.2, -0.15) is 0 Å². The average molecular weight is 870 g/mol. The largest absolute Gasteiger partial charge is 0.495 e. The first kappa shape index (κ1) is 41.9. The van der Waals surface area contributed by atoms with E-state index in [1.165, 1.54) is 29.4 Å². The van der Waals surface area contributed by atoms with Gasteiger partial charge in [-0.1, -0.05) is 40.7 Å². The maximum Gasteiger partial charge on any atom is 0.408 e. The second kappa shape index (κ2) is 16.6. The number of alkyl carbamates (subject to hydrolysis) is 1. The molecule has 4 amide bonds. The molecule has 1 aliphatic heterocycles. The normalized spacial score (nSPS) is 22.5. The Kier molecular flexibility index (Phi) is 12.2. The summed E-state index contributed by atoms with van der Waals surface area (Å²) in [5, 5.41) is 21.2. The number of likely N-dealkylation sites (tertiary alicyclic amines) is 1. The number of nitrogens with one attached hydrogen (secondary N) is 3. The van der Waals surface area contributed by atoms with Crippen molar-refractivity contribution < 1.29 is 43.3 Å². The number of benzene rings is 1. The molecule has 2 aliphatic carbocycles. The first-order valence-corrected chi connectivity index (χ1v) is 20.7. The van der Waals surface area contributed by atoms with Crippen LogP contribution < -0.4 is 25.4 Å². The third-order valence-electron chi connectivity index (χ3n) is 10.7. The first-order valence-electron chi connectivity index (χ1n) is 19.0. The van der Waals surface area contributed by atoms with Crippen LogP contribution in [0.5, 0.6) is 11.5 Å². The molecule has 1 unspecified atom stereocenters. The van der Waals surface area contributed by atoms with Crippen molar-refractivity contribution in [3.63, 3.8) is 0 Å². The molecule has 3 aliphatic rings. The van der Waals surface area contributed by atoms with Crippen molar-refractivity contribution in [3.05, 3.63) is 40.7 Å². The summed E-state index contributed by atoms with van der Waals surface area (Å²) in [6.07, 6.45) is 3.37. The Bertz CT molecular complexity index is 2080. The van der Waals surface area contributed by atoms with E-state index >= 15 is 0 Å². The number of rotatable bonds is 13. The molecule has 0 radical (unpaired) electrons. The van der Waals surface area contributed by atoms with Crippen LogP contribution in [0, 0.1) is 17.3 Å². The number of anilines is 1. The monoisotopic (exact) mass is 868 g/mol. The molecule has 6 rings (SSSR count). The van der Waals surface area contributed by atoms with Crippen molar-refractivity contribution in [3.8, 4) is 22.9 Å². The quantitative estimate of drug-likeness (QED) is 0.141. The third-order valence-corrected chi connectivity index (χ3v) is 12.2. The second-order valence-electron chi connectivity index (χ2n) is 16.2. The lowest BCUT2D eigenvalue weighted by atomic mass is 9.85. The van der Waals surface area contributed by atoms with Gasteiger partial charge in [0.2, 0.25) is 17.7 Å². The maximum absolute atomic E-state index is 14.6. The number of pyridine rings is 1. The Balaban J connectivity index is 1.34. The lowest BCUT2D eigenvalue weighted by molar-refractivity contribution is -0.146. The SMILES string of the molecule is C=C[C@@H]1CC1(NC(=O)[C@@H]1C[C@H](Oc2cc(-c3csc(NC(=O)C(C)C)n3)nc3c(Br)c(OC)ccc23)CN1C(=O)[C@@H](NC(=O)OC1CCCC1)C(C)(C)C)C(=O)O. The van der Waals surface area contributed by atoms with Crippen LogP contribution in [-0.2, 0) is 23.9 Å². The topological polar surface area (TPSA) is 198 Å². The number of aromatic nitrogens is 2. The Hall–Kier alpha value is -4.77. The van der Waals surface area contributed by atoms with Crippen LogP contribution in [0.1, 0.15) is 73.1 Å². The van der Waals surface area contributed by atoms with E-state index in [2.05, 4.69) is 43.4 Å². The summed E-state index contributed by atoms with van der Waals surface area (Å²) >= 11 is 4.87. The van der Waals surface area contributed by atoms with Gasteiger partial charge in [0.1, 0.15) is 47.0 Å². The predicted octanol–water partition coefficient (Wildman–Crippen LogP) is 6.30. The summed E-state index contributed by atoms with van der Waals surface area (Å²) in [6, 6.07) is 3.01. The van der Waals surface area contributed by atoms with Gasteiger partial charge in [-0.05, 0) is 65.6 Å². The van der Waals surface area contributed by atoms with E-state index in [1.54, 1.807) is 58.2 Å². The van der Waals surface area contributed by atoms with E-state index in [0.717, 1.165) is 25.7 Å². The van der Waals surface area contributed by atoms with Crippen molar-refractivity contribution in [1.29, 1.82) is 0 Å². The molecule has 0 bridgehead atoms. The highest BCUT2D eigenvalue weighted by atomic mass is 79.9. The molecule has 3 fully saturated rings. The molecule has 1 saturated heterocycles. The molecule has 306 valence electrons. The van der Waals surface area contributed by atoms with Gasteiger partial charge in [0.15, 0.2) is 5.13 Å². The van der Waals surface area contributed by atoms with Gasteiger partial charge in [-0.25, -0.2) is 19.6 Å². The van der Waals surface area contributed by atoms with Crippen molar-refractivity contribution >= 4 is 73.1 Å². The zero-order valence-electron chi connectivity index (χ0n) is 32.8. The first-order chi connectivity index (χ1) is 26.9. The molecule has 2 aromatic heterocycles. The lowest BCUT2D eigenvalue weighted by Crippen LogP contribution is -2.59. The fourth-order valence-corrected chi connectivity index (χ4v) is 8.59. The molecule has 57 heavy (non-hydrogen) atoms. The van der Waals surface area contributed by atoms with Crippen LogP contribution in [-0.4, -0.2) is 93.2 Å². The number of fused-ring (bicyclic) bond motifs is 1.